The van der Waals surface area contributed by atoms with Crippen LogP contribution in [0.3, 0.4) is 0 Å². The SMILES string of the molecule is COc1ccc(CC(=O)NCC(C)(C)N2C[C@@H](C)O[C@H](C)C2)cc1. The molecule has 0 radical (unpaired) electrons. The molecule has 0 saturated carbocycles. The van der Waals surface area contributed by atoms with Crippen LogP contribution in [0.5, 0.6) is 5.75 Å². The van der Waals surface area contributed by atoms with E-state index in [0.717, 1.165) is 24.4 Å². The minimum absolute atomic E-state index is 0.0441. The third-order valence-corrected chi connectivity index (χ3v) is 4.52. The lowest BCUT2D eigenvalue weighted by molar-refractivity contribution is -0.122. The number of hydrogen-bond acceptors (Lipinski definition) is 4. The Bertz CT molecular complexity index is 532. The molecule has 24 heavy (non-hydrogen) atoms. The van der Waals surface area contributed by atoms with Crippen LogP contribution in [0.25, 0.3) is 0 Å². The van der Waals surface area contributed by atoms with Gasteiger partial charge in [-0.05, 0) is 45.4 Å². The number of benzene rings is 1. The van der Waals surface area contributed by atoms with Gasteiger partial charge in [0.2, 0.25) is 5.91 Å². The van der Waals surface area contributed by atoms with Gasteiger partial charge in [0.15, 0.2) is 0 Å². The maximum absolute atomic E-state index is 12.2. The van der Waals surface area contributed by atoms with Gasteiger partial charge in [-0.25, -0.2) is 0 Å². The van der Waals surface area contributed by atoms with Gasteiger partial charge >= 0.3 is 0 Å². The summed E-state index contributed by atoms with van der Waals surface area (Å²) in [6.07, 6.45) is 0.835. The van der Waals surface area contributed by atoms with E-state index in [1.807, 2.05) is 24.3 Å². The smallest absolute Gasteiger partial charge is 0.224 e. The van der Waals surface area contributed by atoms with Gasteiger partial charge in [-0.2, -0.15) is 0 Å². The first-order valence-electron chi connectivity index (χ1n) is 8.60. The van der Waals surface area contributed by atoms with Gasteiger partial charge in [0.25, 0.3) is 0 Å². The van der Waals surface area contributed by atoms with Crippen LogP contribution in [0.2, 0.25) is 0 Å². The molecule has 2 atom stereocenters. The monoisotopic (exact) mass is 334 g/mol. The summed E-state index contributed by atoms with van der Waals surface area (Å²) >= 11 is 0. The number of carbonyl (C=O) groups excluding carboxylic acids is 1. The van der Waals surface area contributed by atoms with E-state index in [9.17, 15) is 4.79 Å². The molecule has 1 aliphatic rings. The molecule has 1 aliphatic heterocycles. The third kappa shape index (κ3) is 5.21. The summed E-state index contributed by atoms with van der Waals surface area (Å²) < 4.78 is 10.9. The van der Waals surface area contributed by atoms with Gasteiger partial charge < -0.3 is 14.8 Å². The molecule has 134 valence electrons. The minimum atomic E-state index is -0.0954. The van der Waals surface area contributed by atoms with E-state index in [-0.39, 0.29) is 23.7 Å². The fourth-order valence-corrected chi connectivity index (χ4v) is 3.09. The van der Waals surface area contributed by atoms with E-state index in [4.69, 9.17) is 9.47 Å². The molecule has 0 aromatic heterocycles. The first kappa shape index (κ1) is 18.7. The van der Waals surface area contributed by atoms with Crippen LogP contribution in [-0.4, -0.2) is 55.3 Å². The molecule has 1 N–H and O–H groups in total. The molecular formula is C19H30N2O3. The standard InChI is InChI=1S/C19H30N2O3/c1-14-11-21(12-15(2)24-14)19(3,4)13-20-18(22)10-16-6-8-17(23-5)9-7-16/h6-9,14-15H,10-13H2,1-5H3,(H,20,22)/t14-,15-/m1/s1. The molecule has 1 aromatic carbocycles. The average molecular weight is 334 g/mol. The molecule has 0 unspecified atom stereocenters. The van der Waals surface area contributed by atoms with E-state index in [0.29, 0.717) is 13.0 Å². The number of nitrogens with one attached hydrogen (secondary N) is 1. The van der Waals surface area contributed by atoms with Crippen molar-refractivity contribution in [2.24, 2.45) is 0 Å². The number of morpholine rings is 1. The zero-order chi connectivity index (χ0) is 17.7. The van der Waals surface area contributed by atoms with Gasteiger partial charge in [-0.1, -0.05) is 12.1 Å². The summed E-state index contributed by atoms with van der Waals surface area (Å²) in [6.45, 7) is 11.0. The number of carbonyl (C=O) groups is 1. The fourth-order valence-electron chi connectivity index (χ4n) is 3.09. The Balaban J connectivity index is 1.85. The van der Waals surface area contributed by atoms with E-state index in [1.165, 1.54) is 0 Å². The second-order valence-corrected chi connectivity index (χ2v) is 7.28. The highest BCUT2D eigenvalue weighted by atomic mass is 16.5. The highest BCUT2D eigenvalue weighted by Gasteiger charge is 2.33. The fraction of sp³-hybridized carbons (Fsp3) is 0.632. The Morgan fingerprint density at radius 2 is 1.83 bits per heavy atom. The maximum atomic E-state index is 12.2. The molecule has 0 spiro atoms. The van der Waals surface area contributed by atoms with Gasteiger partial charge in [0, 0.05) is 25.2 Å². The van der Waals surface area contributed by atoms with Crippen molar-refractivity contribution < 1.29 is 14.3 Å². The lowest BCUT2D eigenvalue weighted by Crippen LogP contribution is -2.58. The van der Waals surface area contributed by atoms with Crippen molar-refractivity contribution in [2.75, 3.05) is 26.7 Å². The Morgan fingerprint density at radius 3 is 2.38 bits per heavy atom. The summed E-state index contributed by atoms with van der Waals surface area (Å²) in [5.74, 6) is 0.846. The van der Waals surface area contributed by atoms with Crippen molar-refractivity contribution in [3.63, 3.8) is 0 Å². The second-order valence-electron chi connectivity index (χ2n) is 7.28. The quantitative estimate of drug-likeness (QED) is 0.867. The topological polar surface area (TPSA) is 50.8 Å². The predicted octanol–water partition coefficient (Wildman–Crippen LogP) is 2.24. The van der Waals surface area contributed by atoms with Crippen LogP contribution in [0, 0.1) is 0 Å². The van der Waals surface area contributed by atoms with Gasteiger partial charge in [-0.15, -0.1) is 0 Å². The van der Waals surface area contributed by atoms with Crippen molar-refractivity contribution >= 4 is 5.91 Å². The summed E-state index contributed by atoms with van der Waals surface area (Å²) in [7, 11) is 1.64. The molecule has 0 aliphatic carbocycles. The van der Waals surface area contributed by atoms with Crippen LogP contribution >= 0.6 is 0 Å². The summed E-state index contributed by atoms with van der Waals surface area (Å²) in [4.78, 5) is 14.6. The minimum Gasteiger partial charge on any atom is -0.497 e. The maximum Gasteiger partial charge on any atom is 0.224 e. The lowest BCUT2D eigenvalue weighted by Gasteiger charge is -2.45. The van der Waals surface area contributed by atoms with E-state index in [2.05, 4.69) is 37.9 Å². The number of ether oxygens (including phenoxy) is 2. The third-order valence-electron chi connectivity index (χ3n) is 4.52. The van der Waals surface area contributed by atoms with Crippen LogP contribution in [0.15, 0.2) is 24.3 Å². The van der Waals surface area contributed by atoms with Crippen molar-refractivity contribution in [3.8, 4) is 5.75 Å². The summed E-state index contributed by atoms with van der Waals surface area (Å²) in [5.41, 5.74) is 0.890. The molecule has 2 rings (SSSR count). The number of methoxy groups -OCH3 is 1. The summed E-state index contributed by atoms with van der Waals surface area (Å²) in [5, 5.41) is 3.07. The number of nitrogens with zero attached hydrogens (tertiary/aromatic N) is 1. The van der Waals surface area contributed by atoms with Crippen molar-refractivity contribution in [2.45, 2.75) is 51.9 Å². The molecular weight excluding hydrogens is 304 g/mol. The van der Waals surface area contributed by atoms with Crippen molar-refractivity contribution in [1.82, 2.24) is 10.2 Å². The van der Waals surface area contributed by atoms with Crippen LogP contribution in [0.4, 0.5) is 0 Å². The summed E-state index contributed by atoms with van der Waals surface area (Å²) in [6, 6.07) is 7.61. The normalized spacial score (nSPS) is 22.2. The number of hydrogen-bond donors (Lipinski definition) is 1. The lowest BCUT2D eigenvalue weighted by atomic mass is 10.00. The Morgan fingerprint density at radius 1 is 1.25 bits per heavy atom. The zero-order valence-electron chi connectivity index (χ0n) is 15.5. The molecule has 1 amide bonds. The van der Waals surface area contributed by atoms with E-state index >= 15 is 0 Å². The molecule has 0 bridgehead atoms. The second kappa shape index (κ2) is 7.99. The Labute approximate surface area is 145 Å². The highest BCUT2D eigenvalue weighted by molar-refractivity contribution is 5.78. The molecule has 1 aromatic rings. The van der Waals surface area contributed by atoms with E-state index < -0.39 is 0 Å². The molecule has 5 heteroatoms. The average Bonchev–Trinajstić information content (AvgIpc) is 2.53. The Hall–Kier alpha value is -1.59. The number of amides is 1. The van der Waals surface area contributed by atoms with E-state index in [1.54, 1.807) is 7.11 Å². The largest absolute Gasteiger partial charge is 0.497 e. The van der Waals surface area contributed by atoms with Crippen LogP contribution in [0.1, 0.15) is 33.3 Å². The van der Waals surface area contributed by atoms with Gasteiger partial charge in [-0.3, -0.25) is 9.69 Å². The Kier molecular flexibility index (Phi) is 6.24. The molecule has 1 heterocycles. The first-order chi connectivity index (χ1) is 11.3. The number of rotatable bonds is 6. The molecule has 1 saturated heterocycles. The molecule has 5 nitrogen and oxygen atoms in total. The van der Waals surface area contributed by atoms with Crippen molar-refractivity contribution in [3.05, 3.63) is 29.8 Å². The highest BCUT2D eigenvalue weighted by Crippen LogP contribution is 2.20. The first-order valence-corrected chi connectivity index (χ1v) is 8.60. The zero-order valence-corrected chi connectivity index (χ0v) is 15.5. The van der Waals surface area contributed by atoms with Gasteiger partial charge in [0.05, 0.1) is 25.7 Å². The van der Waals surface area contributed by atoms with Crippen molar-refractivity contribution in [1.29, 1.82) is 0 Å². The van der Waals surface area contributed by atoms with Gasteiger partial charge in [0.1, 0.15) is 5.75 Å². The van der Waals surface area contributed by atoms with Crippen LogP contribution in [-0.2, 0) is 16.0 Å². The predicted molar refractivity (Wildman–Crippen MR) is 95.4 cm³/mol. The molecule has 1 fully saturated rings. The van der Waals surface area contributed by atoms with Crippen LogP contribution < -0.4 is 10.1 Å².